The lowest BCUT2D eigenvalue weighted by atomic mass is 10.0. The highest BCUT2D eigenvalue weighted by Crippen LogP contribution is 2.28. The Bertz CT molecular complexity index is 814. The average molecular weight is 381 g/mol. The number of sulfone groups is 1. The normalized spacial score (nSPS) is 13.0. The van der Waals surface area contributed by atoms with Crippen LogP contribution >= 0.6 is 11.3 Å². The van der Waals surface area contributed by atoms with E-state index in [0.29, 0.717) is 23.8 Å². The lowest BCUT2D eigenvalue weighted by Gasteiger charge is -2.21. The molecule has 0 saturated heterocycles. The fraction of sp³-hybridized carbons (Fsp3) is 0.389. The van der Waals surface area contributed by atoms with Gasteiger partial charge in [0.05, 0.1) is 9.77 Å². The second-order valence-electron chi connectivity index (χ2n) is 6.36. The Morgan fingerprint density at radius 3 is 2.40 bits per heavy atom. The van der Waals surface area contributed by atoms with Crippen LogP contribution in [0, 0.1) is 5.92 Å². The molecule has 5 nitrogen and oxygen atoms in total. The van der Waals surface area contributed by atoms with E-state index in [0.717, 1.165) is 11.3 Å². The summed E-state index contributed by atoms with van der Waals surface area (Å²) in [6.07, 6.45) is 0.709. The van der Waals surface area contributed by atoms with Gasteiger partial charge in [0, 0.05) is 19.6 Å². The second kappa shape index (κ2) is 8.12. The van der Waals surface area contributed by atoms with Crippen molar-refractivity contribution < 1.29 is 13.2 Å². The summed E-state index contributed by atoms with van der Waals surface area (Å²) < 4.78 is 25.4. The van der Waals surface area contributed by atoms with Gasteiger partial charge in [0.1, 0.15) is 4.21 Å². The van der Waals surface area contributed by atoms with Gasteiger partial charge in [-0.15, -0.1) is 11.3 Å². The molecule has 0 bridgehead atoms. The molecule has 0 radical (unpaired) electrons. The van der Waals surface area contributed by atoms with Gasteiger partial charge in [-0.05, 0) is 36.6 Å². The van der Waals surface area contributed by atoms with E-state index in [9.17, 15) is 13.2 Å². The first-order valence-electron chi connectivity index (χ1n) is 8.14. The molecule has 0 aliphatic rings. The highest BCUT2D eigenvalue weighted by atomic mass is 32.2. The van der Waals surface area contributed by atoms with Crippen LogP contribution in [0.25, 0.3) is 0 Å². The molecule has 7 heteroatoms. The van der Waals surface area contributed by atoms with Crippen LogP contribution in [0.4, 0.5) is 0 Å². The summed E-state index contributed by atoms with van der Waals surface area (Å²) in [6.45, 7) is 4.63. The molecule has 2 aromatic rings. The molecule has 1 aromatic carbocycles. The van der Waals surface area contributed by atoms with Crippen LogP contribution in [-0.2, 0) is 9.84 Å². The number of nitrogens with zero attached hydrogens (tertiary/aromatic N) is 1. The van der Waals surface area contributed by atoms with Crippen LogP contribution < -0.4 is 5.73 Å². The fourth-order valence-corrected chi connectivity index (χ4v) is 4.98. The van der Waals surface area contributed by atoms with Crippen molar-refractivity contribution in [3.63, 3.8) is 0 Å². The van der Waals surface area contributed by atoms with Crippen LogP contribution in [-0.4, -0.2) is 38.9 Å². The molecule has 0 saturated carbocycles. The van der Waals surface area contributed by atoms with E-state index in [1.165, 1.54) is 6.07 Å². The molecule has 25 heavy (non-hydrogen) atoms. The molecular formula is C18H24N2O3S2. The van der Waals surface area contributed by atoms with Crippen LogP contribution in [0.1, 0.15) is 29.9 Å². The van der Waals surface area contributed by atoms with Gasteiger partial charge in [-0.2, -0.15) is 0 Å². The molecule has 1 atom stereocenters. The Kier molecular flexibility index (Phi) is 6.37. The van der Waals surface area contributed by atoms with Gasteiger partial charge in [-0.3, -0.25) is 4.79 Å². The zero-order valence-corrected chi connectivity index (χ0v) is 16.3. The molecule has 0 spiro atoms. The van der Waals surface area contributed by atoms with Crippen molar-refractivity contribution in [1.29, 1.82) is 0 Å². The number of hydrogen-bond donors (Lipinski definition) is 1. The molecule has 1 heterocycles. The van der Waals surface area contributed by atoms with Gasteiger partial charge in [-0.1, -0.05) is 32.0 Å². The van der Waals surface area contributed by atoms with Gasteiger partial charge in [0.2, 0.25) is 9.84 Å². The van der Waals surface area contributed by atoms with Crippen LogP contribution in [0.3, 0.4) is 0 Å². The van der Waals surface area contributed by atoms with E-state index >= 15 is 0 Å². The monoisotopic (exact) mass is 380 g/mol. The third-order valence-electron chi connectivity index (χ3n) is 4.11. The predicted molar refractivity (Wildman–Crippen MR) is 101 cm³/mol. The Morgan fingerprint density at radius 1 is 1.16 bits per heavy atom. The quantitative estimate of drug-likeness (QED) is 0.801. The maximum Gasteiger partial charge on any atom is 0.263 e. The van der Waals surface area contributed by atoms with Crippen molar-refractivity contribution in [1.82, 2.24) is 4.90 Å². The zero-order chi connectivity index (χ0) is 18.6. The summed E-state index contributed by atoms with van der Waals surface area (Å²) in [5.74, 6) is 0.170. The molecular weight excluding hydrogens is 356 g/mol. The van der Waals surface area contributed by atoms with Crippen molar-refractivity contribution in [2.75, 3.05) is 13.6 Å². The van der Waals surface area contributed by atoms with Crippen molar-refractivity contribution in [2.24, 2.45) is 11.7 Å². The minimum atomic E-state index is -3.59. The topological polar surface area (TPSA) is 80.5 Å². The van der Waals surface area contributed by atoms with E-state index in [1.807, 2.05) is 13.8 Å². The minimum Gasteiger partial charge on any atom is -0.341 e. The lowest BCUT2D eigenvalue weighted by Crippen LogP contribution is -2.34. The van der Waals surface area contributed by atoms with E-state index in [4.69, 9.17) is 5.73 Å². The summed E-state index contributed by atoms with van der Waals surface area (Å²) in [4.78, 5) is 14.7. The van der Waals surface area contributed by atoms with Gasteiger partial charge in [0.25, 0.3) is 5.91 Å². The summed E-state index contributed by atoms with van der Waals surface area (Å²) >= 11 is 1.00. The van der Waals surface area contributed by atoms with Crippen molar-refractivity contribution in [3.8, 4) is 0 Å². The van der Waals surface area contributed by atoms with Crippen LogP contribution in [0.15, 0.2) is 51.6 Å². The van der Waals surface area contributed by atoms with E-state index in [1.54, 1.807) is 48.3 Å². The summed E-state index contributed by atoms with van der Waals surface area (Å²) in [7, 11) is -1.88. The number of hydrogen-bond acceptors (Lipinski definition) is 5. The second-order valence-corrected chi connectivity index (χ2v) is 9.62. The molecule has 0 aliphatic heterocycles. The van der Waals surface area contributed by atoms with Crippen LogP contribution in [0.2, 0.25) is 0 Å². The smallest absolute Gasteiger partial charge is 0.263 e. The first kappa shape index (κ1) is 19.6. The van der Waals surface area contributed by atoms with E-state index in [-0.39, 0.29) is 21.1 Å². The Hall–Kier alpha value is -1.70. The molecule has 136 valence electrons. The van der Waals surface area contributed by atoms with E-state index in [2.05, 4.69) is 0 Å². The summed E-state index contributed by atoms with van der Waals surface area (Å²) in [5.41, 5.74) is 6.01. The lowest BCUT2D eigenvalue weighted by molar-refractivity contribution is 0.0794. The predicted octanol–water partition coefficient (Wildman–Crippen LogP) is 3.03. The number of amides is 1. The molecule has 1 unspecified atom stereocenters. The Balaban J connectivity index is 2.11. The standard InChI is InChI=1S/C18H24N2O3S2/c1-13(2)15(19)11-12-20(3)18(21)16-9-10-17(24-16)25(22,23)14-7-5-4-6-8-14/h4-10,13,15H,11-12,19H2,1-3H3. The highest BCUT2D eigenvalue weighted by Gasteiger charge is 2.23. The molecule has 1 aromatic heterocycles. The summed E-state index contributed by atoms with van der Waals surface area (Å²) in [6, 6.07) is 11.3. The number of carbonyl (C=O) groups is 1. The molecule has 2 N–H and O–H groups in total. The van der Waals surface area contributed by atoms with Gasteiger partial charge < -0.3 is 10.6 Å². The minimum absolute atomic E-state index is 0.0348. The molecule has 1 amide bonds. The number of carbonyl (C=O) groups excluding carboxylic acids is 1. The maximum atomic E-state index is 12.6. The molecule has 2 rings (SSSR count). The number of rotatable bonds is 7. The largest absolute Gasteiger partial charge is 0.341 e. The number of nitrogens with two attached hydrogens (primary N) is 1. The maximum absolute atomic E-state index is 12.6. The Labute approximate surface area is 153 Å². The fourth-order valence-electron chi connectivity index (χ4n) is 2.26. The molecule has 0 fully saturated rings. The van der Waals surface area contributed by atoms with Crippen molar-refractivity contribution >= 4 is 27.1 Å². The van der Waals surface area contributed by atoms with Crippen molar-refractivity contribution in [2.45, 2.75) is 35.4 Å². The van der Waals surface area contributed by atoms with Gasteiger partial charge in [-0.25, -0.2) is 8.42 Å². The summed E-state index contributed by atoms with van der Waals surface area (Å²) in [5, 5.41) is 0. The first-order valence-corrected chi connectivity index (χ1v) is 10.4. The first-order chi connectivity index (χ1) is 11.7. The van der Waals surface area contributed by atoms with Crippen LogP contribution in [0.5, 0.6) is 0 Å². The number of benzene rings is 1. The number of thiophene rings is 1. The van der Waals surface area contributed by atoms with Gasteiger partial charge in [0.15, 0.2) is 0 Å². The SMILES string of the molecule is CC(C)C(N)CCN(C)C(=O)c1ccc(S(=O)(=O)c2ccccc2)s1. The van der Waals surface area contributed by atoms with Crippen molar-refractivity contribution in [3.05, 3.63) is 47.3 Å². The highest BCUT2D eigenvalue weighted by molar-refractivity contribution is 7.93. The third-order valence-corrected chi connectivity index (χ3v) is 7.45. The Morgan fingerprint density at radius 2 is 1.80 bits per heavy atom. The third kappa shape index (κ3) is 4.68. The zero-order valence-electron chi connectivity index (χ0n) is 14.7. The molecule has 0 aliphatic carbocycles. The van der Waals surface area contributed by atoms with Gasteiger partial charge >= 0.3 is 0 Å². The average Bonchev–Trinajstić information content (AvgIpc) is 3.10. The van der Waals surface area contributed by atoms with E-state index < -0.39 is 9.84 Å².